The molecule has 1 aliphatic rings. The number of halogens is 1. The van der Waals surface area contributed by atoms with E-state index in [0.717, 1.165) is 19.5 Å². The molecule has 2 heterocycles. The number of nitrogens with zero attached hydrogens (tertiary/aromatic N) is 2. The van der Waals surface area contributed by atoms with Gasteiger partial charge in [-0.3, -0.25) is 4.79 Å². The lowest BCUT2D eigenvalue weighted by Crippen LogP contribution is -2.25. The fourth-order valence-electron chi connectivity index (χ4n) is 2.02. The molecule has 5 nitrogen and oxygen atoms in total. The van der Waals surface area contributed by atoms with E-state index in [0.29, 0.717) is 11.7 Å². The lowest BCUT2D eigenvalue weighted by atomic mass is 10.1. The van der Waals surface area contributed by atoms with Crippen molar-refractivity contribution in [3.63, 3.8) is 0 Å². The van der Waals surface area contributed by atoms with Crippen LogP contribution in [0, 0.1) is 0 Å². The minimum absolute atomic E-state index is 0.210. The molecule has 0 amide bonds. The third kappa shape index (κ3) is 2.98. The molecular weight excluding hydrogens is 240 g/mol. The molecule has 0 saturated carbocycles. The van der Waals surface area contributed by atoms with Crippen LogP contribution >= 0.6 is 11.6 Å². The molecule has 1 aliphatic heterocycles. The van der Waals surface area contributed by atoms with Crippen LogP contribution in [0.3, 0.4) is 0 Å². The molecule has 17 heavy (non-hydrogen) atoms. The van der Waals surface area contributed by atoms with E-state index in [-0.39, 0.29) is 10.6 Å². The van der Waals surface area contributed by atoms with Gasteiger partial charge in [-0.1, -0.05) is 11.6 Å². The van der Waals surface area contributed by atoms with Gasteiger partial charge in [-0.15, -0.1) is 0 Å². The minimum atomic E-state index is -0.268. The molecule has 6 heteroatoms. The highest BCUT2D eigenvalue weighted by molar-refractivity contribution is 6.32. The van der Waals surface area contributed by atoms with Crippen LogP contribution in [0.4, 0.5) is 5.69 Å². The van der Waals surface area contributed by atoms with Crippen molar-refractivity contribution in [2.24, 2.45) is 7.05 Å². The molecular formula is C11H17ClN4O. The Morgan fingerprint density at radius 1 is 1.71 bits per heavy atom. The summed E-state index contributed by atoms with van der Waals surface area (Å²) >= 11 is 5.94. The maximum Gasteiger partial charge on any atom is 0.287 e. The Bertz CT molecular complexity index is 440. The first-order valence-corrected chi connectivity index (χ1v) is 6.25. The van der Waals surface area contributed by atoms with Crippen molar-refractivity contribution in [2.75, 3.05) is 18.4 Å². The molecule has 1 fully saturated rings. The first kappa shape index (κ1) is 12.4. The summed E-state index contributed by atoms with van der Waals surface area (Å²) in [5.41, 5.74) is 0.350. The number of hydrogen-bond donors (Lipinski definition) is 2. The summed E-state index contributed by atoms with van der Waals surface area (Å²) in [7, 11) is 1.58. The number of nitrogens with one attached hydrogen (secondary N) is 2. The molecule has 1 atom stereocenters. The summed E-state index contributed by atoms with van der Waals surface area (Å²) in [5.74, 6) is 0. The average Bonchev–Trinajstić information content (AvgIpc) is 2.82. The third-order valence-corrected chi connectivity index (χ3v) is 3.41. The number of rotatable bonds is 4. The lowest BCUT2D eigenvalue weighted by Gasteiger charge is -2.12. The molecule has 0 spiro atoms. The van der Waals surface area contributed by atoms with Gasteiger partial charge in [0.25, 0.3) is 5.56 Å². The quantitative estimate of drug-likeness (QED) is 0.844. The van der Waals surface area contributed by atoms with Crippen LogP contribution in [0.25, 0.3) is 0 Å². The van der Waals surface area contributed by atoms with Crippen molar-refractivity contribution in [3.05, 3.63) is 21.6 Å². The predicted octanol–water partition coefficient (Wildman–Crippen LogP) is 0.988. The highest BCUT2D eigenvalue weighted by atomic mass is 35.5. The monoisotopic (exact) mass is 256 g/mol. The van der Waals surface area contributed by atoms with Crippen LogP contribution in [-0.2, 0) is 7.05 Å². The van der Waals surface area contributed by atoms with Crippen LogP contribution in [0.1, 0.15) is 19.3 Å². The number of anilines is 1. The van der Waals surface area contributed by atoms with Crippen molar-refractivity contribution in [1.82, 2.24) is 15.1 Å². The summed E-state index contributed by atoms with van der Waals surface area (Å²) in [5, 5.41) is 10.7. The molecule has 1 aromatic rings. The SMILES string of the molecule is Cn1ncc(NCC[C@H]2CCCN2)c(Cl)c1=O. The van der Waals surface area contributed by atoms with E-state index in [1.165, 1.54) is 17.5 Å². The second kappa shape index (κ2) is 5.51. The molecule has 2 N–H and O–H groups in total. The molecule has 1 saturated heterocycles. The smallest absolute Gasteiger partial charge is 0.287 e. The number of aryl methyl sites for hydroxylation is 1. The number of hydrogen-bond acceptors (Lipinski definition) is 4. The average molecular weight is 257 g/mol. The van der Waals surface area contributed by atoms with Gasteiger partial charge in [0.05, 0.1) is 11.9 Å². The highest BCUT2D eigenvalue weighted by Crippen LogP contribution is 2.15. The van der Waals surface area contributed by atoms with E-state index in [9.17, 15) is 4.79 Å². The van der Waals surface area contributed by atoms with Crippen molar-refractivity contribution in [1.29, 1.82) is 0 Å². The predicted molar refractivity (Wildman–Crippen MR) is 68.6 cm³/mol. The zero-order valence-electron chi connectivity index (χ0n) is 9.87. The summed E-state index contributed by atoms with van der Waals surface area (Å²) in [4.78, 5) is 11.5. The molecule has 0 aliphatic carbocycles. The normalized spacial score (nSPS) is 19.5. The maximum atomic E-state index is 11.5. The molecule has 1 aromatic heterocycles. The van der Waals surface area contributed by atoms with Crippen LogP contribution in [0.2, 0.25) is 5.02 Å². The second-order valence-electron chi connectivity index (χ2n) is 4.31. The Morgan fingerprint density at radius 2 is 2.53 bits per heavy atom. The van der Waals surface area contributed by atoms with E-state index in [1.54, 1.807) is 13.2 Å². The van der Waals surface area contributed by atoms with Gasteiger partial charge in [0.1, 0.15) is 5.02 Å². The van der Waals surface area contributed by atoms with E-state index < -0.39 is 0 Å². The fraction of sp³-hybridized carbons (Fsp3) is 0.636. The van der Waals surface area contributed by atoms with Crippen molar-refractivity contribution < 1.29 is 0 Å². The Kier molecular flexibility index (Phi) is 4.02. The van der Waals surface area contributed by atoms with Gasteiger partial charge in [-0.25, -0.2) is 4.68 Å². The Balaban J connectivity index is 1.90. The van der Waals surface area contributed by atoms with Crippen molar-refractivity contribution >= 4 is 17.3 Å². The highest BCUT2D eigenvalue weighted by Gasteiger charge is 2.13. The fourth-order valence-corrected chi connectivity index (χ4v) is 2.26. The lowest BCUT2D eigenvalue weighted by molar-refractivity contribution is 0.574. The molecule has 2 rings (SSSR count). The summed E-state index contributed by atoms with van der Waals surface area (Å²) < 4.78 is 1.23. The summed E-state index contributed by atoms with van der Waals surface area (Å²) in [6, 6.07) is 0.584. The Hall–Kier alpha value is -1.07. The Morgan fingerprint density at radius 3 is 3.24 bits per heavy atom. The van der Waals surface area contributed by atoms with Gasteiger partial charge in [0.15, 0.2) is 0 Å². The topological polar surface area (TPSA) is 59.0 Å². The van der Waals surface area contributed by atoms with Gasteiger partial charge >= 0.3 is 0 Å². The third-order valence-electron chi connectivity index (χ3n) is 3.05. The van der Waals surface area contributed by atoms with E-state index in [1.807, 2.05) is 0 Å². The summed E-state index contributed by atoms with van der Waals surface area (Å²) in [6.07, 6.45) is 5.10. The maximum absolute atomic E-state index is 11.5. The largest absolute Gasteiger partial charge is 0.382 e. The van der Waals surface area contributed by atoms with Crippen LogP contribution in [0.5, 0.6) is 0 Å². The Labute approximate surface area is 105 Å². The van der Waals surface area contributed by atoms with Gasteiger partial charge in [-0.2, -0.15) is 5.10 Å². The van der Waals surface area contributed by atoms with Crippen LogP contribution < -0.4 is 16.2 Å². The van der Waals surface area contributed by atoms with Gasteiger partial charge in [0.2, 0.25) is 0 Å². The molecule has 94 valence electrons. The van der Waals surface area contributed by atoms with E-state index >= 15 is 0 Å². The summed E-state index contributed by atoms with van der Waals surface area (Å²) in [6.45, 7) is 1.91. The molecule has 0 unspecified atom stereocenters. The van der Waals surface area contributed by atoms with Crippen LogP contribution in [-0.4, -0.2) is 28.9 Å². The second-order valence-corrected chi connectivity index (χ2v) is 4.69. The number of aromatic nitrogens is 2. The minimum Gasteiger partial charge on any atom is -0.382 e. The van der Waals surface area contributed by atoms with E-state index in [2.05, 4.69) is 15.7 Å². The van der Waals surface area contributed by atoms with Gasteiger partial charge in [0, 0.05) is 19.6 Å². The van der Waals surface area contributed by atoms with Crippen molar-refractivity contribution in [3.8, 4) is 0 Å². The zero-order chi connectivity index (χ0) is 12.3. The molecule has 0 aromatic carbocycles. The van der Waals surface area contributed by atoms with Crippen LogP contribution in [0.15, 0.2) is 11.0 Å². The first-order valence-electron chi connectivity index (χ1n) is 5.87. The van der Waals surface area contributed by atoms with E-state index in [4.69, 9.17) is 11.6 Å². The standard InChI is InChI=1S/C11H17ClN4O/c1-16-11(17)10(12)9(7-15-16)14-6-4-8-3-2-5-13-8/h7-8,13-14H,2-6H2,1H3/t8-/m1/s1. The molecule has 0 radical (unpaired) electrons. The van der Waals surface area contributed by atoms with Gasteiger partial charge < -0.3 is 10.6 Å². The molecule has 0 bridgehead atoms. The first-order chi connectivity index (χ1) is 8.18. The zero-order valence-corrected chi connectivity index (χ0v) is 10.6. The van der Waals surface area contributed by atoms with Gasteiger partial charge in [-0.05, 0) is 25.8 Å². The van der Waals surface area contributed by atoms with Crippen molar-refractivity contribution in [2.45, 2.75) is 25.3 Å².